The first kappa shape index (κ1) is 14.3. The lowest BCUT2D eigenvalue weighted by Crippen LogP contribution is -2.19. The lowest BCUT2D eigenvalue weighted by Gasteiger charge is -2.12. The van der Waals surface area contributed by atoms with Gasteiger partial charge in [-0.1, -0.05) is 6.07 Å². The van der Waals surface area contributed by atoms with E-state index in [1.54, 1.807) is 6.20 Å². The zero-order chi connectivity index (χ0) is 14.4. The van der Waals surface area contributed by atoms with Crippen molar-refractivity contribution in [2.45, 2.75) is 6.92 Å². The number of nitrogens with zero attached hydrogens (tertiary/aromatic N) is 2. The van der Waals surface area contributed by atoms with Gasteiger partial charge in [-0.3, -0.25) is 4.98 Å². The molecule has 106 valence electrons. The minimum absolute atomic E-state index is 0.655. The Hall–Kier alpha value is -2.07. The summed E-state index contributed by atoms with van der Waals surface area (Å²) in [6.07, 6.45) is 1.72. The van der Waals surface area contributed by atoms with E-state index in [9.17, 15) is 0 Å². The molecule has 1 aromatic heterocycles. The number of pyridine rings is 1. The molecule has 0 aliphatic heterocycles. The molecule has 0 unspecified atom stereocenters. The minimum Gasteiger partial charge on any atom is -0.492 e. The molecule has 0 radical (unpaired) electrons. The number of ether oxygens (including phenoxy) is 2. The average molecular weight is 272 g/mol. The van der Waals surface area contributed by atoms with Crippen molar-refractivity contribution in [1.82, 2.24) is 9.88 Å². The van der Waals surface area contributed by atoms with Gasteiger partial charge in [-0.05, 0) is 45.3 Å². The number of hydrogen-bond acceptors (Lipinski definition) is 4. The fourth-order valence-electron chi connectivity index (χ4n) is 1.62. The van der Waals surface area contributed by atoms with Crippen molar-refractivity contribution in [2.24, 2.45) is 0 Å². The molecule has 0 fully saturated rings. The van der Waals surface area contributed by atoms with Gasteiger partial charge >= 0.3 is 0 Å². The molecule has 0 N–H and O–H groups in total. The normalized spacial score (nSPS) is 10.6. The van der Waals surface area contributed by atoms with Gasteiger partial charge in [0.1, 0.15) is 23.9 Å². The summed E-state index contributed by atoms with van der Waals surface area (Å²) in [7, 11) is 4.04. The third-order valence-electron chi connectivity index (χ3n) is 2.73. The van der Waals surface area contributed by atoms with E-state index in [4.69, 9.17) is 9.47 Å². The number of likely N-dealkylation sites (N-methyl/N-ethyl adjacent to an activating group) is 1. The maximum Gasteiger partial charge on any atom is 0.145 e. The highest BCUT2D eigenvalue weighted by Crippen LogP contribution is 2.24. The SMILES string of the molecule is Cc1ccc(Oc2cccc(OCCN(C)C)c2)cn1. The Morgan fingerprint density at radius 1 is 1.05 bits per heavy atom. The van der Waals surface area contributed by atoms with Crippen LogP contribution in [0.2, 0.25) is 0 Å². The van der Waals surface area contributed by atoms with Crippen LogP contribution >= 0.6 is 0 Å². The van der Waals surface area contributed by atoms with Crippen LogP contribution in [-0.2, 0) is 0 Å². The molecule has 0 spiro atoms. The van der Waals surface area contributed by atoms with Crippen molar-refractivity contribution in [3.05, 3.63) is 48.3 Å². The van der Waals surface area contributed by atoms with E-state index < -0.39 is 0 Å². The molecule has 20 heavy (non-hydrogen) atoms. The molecule has 1 heterocycles. The van der Waals surface area contributed by atoms with E-state index in [0.717, 1.165) is 29.5 Å². The molecule has 0 amide bonds. The predicted molar refractivity (Wildman–Crippen MR) is 79.5 cm³/mol. The molecular weight excluding hydrogens is 252 g/mol. The maximum absolute atomic E-state index is 5.75. The van der Waals surface area contributed by atoms with Gasteiger partial charge in [-0.25, -0.2) is 0 Å². The summed E-state index contributed by atoms with van der Waals surface area (Å²) >= 11 is 0. The molecule has 4 heteroatoms. The molecule has 0 bridgehead atoms. The van der Waals surface area contributed by atoms with Crippen LogP contribution in [-0.4, -0.2) is 37.1 Å². The standard InChI is InChI=1S/C16H20N2O2/c1-13-7-8-16(12-17-13)20-15-6-4-5-14(11-15)19-10-9-18(2)3/h4-8,11-12H,9-10H2,1-3H3. The van der Waals surface area contributed by atoms with Gasteiger partial charge in [0.05, 0.1) is 6.20 Å². The number of hydrogen-bond donors (Lipinski definition) is 0. The van der Waals surface area contributed by atoms with Gasteiger partial charge in [0, 0.05) is 18.3 Å². The monoisotopic (exact) mass is 272 g/mol. The summed E-state index contributed by atoms with van der Waals surface area (Å²) < 4.78 is 11.4. The van der Waals surface area contributed by atoms with Crippen LogP contribution in [0.1, 0.15) is 5.69 Å². The van der Waals surface area contributed by atoms with E-state index in [2.05, 4.69) is 9.88 Å². The largest absolute Gasteiger partial charge is 0.492 e. The Morgan fingerprint density at radius 2 is 1.85 bits per heavy atom. The molecule has 4 nitrogen and oxygen atoms in total. The molecule has 2 rings (SSSR count). The Kier molecular flexibility index (Phi) is 4.96. The van der Waals surface area contributed by atoms with Crippen molar-refractivity contribution in [3.8, 4) is 17.2 Å². The molecule has 0 aliphatic carbocycles. The zero-order valence-electron chi connectivity index (χ0n) is 12.2. The van der Waals surface area contributed by atoms with E-state index in [-0.39, 0.29) is 0 Å². The van der Waals surface area contributed by atoms with Crippen LogP contribution in [0.15, 0.2) is 42.6 Å². The van der Waals surface area contributed by atoms with Crippen LogP contribution in [0.3, 0.4) is 0 Å². The molecule has 1 aromatic carbocycles. The Labute approximate surface area is 120 Å². The summed E-state index contributed by atoms with van der Waals surface area (Å²) in [4.78, 5) is 6.29. The van der Waals surface area contributed by atoms with E-state index >= 15 is 0 Å². The minimum atomic E-state index is 0.655. The third kappa shape index (κ3) is 4.55. The zero-order valence-corrected chi connectivity index (χ0v) is 12.2. The summed E-state index contributed by atoms with van der Waals surface area (Å²) in [6, 6.07) is 11.5. The lowest BCUT2D eigenvalue weighted by molar-refractivity contribution is 0.260. The van der Waals surface area contributed by atoms with Crippen molar-refractivity contribution in [3.63, 3.8) is 0 Å². The second-order valence-electron chi connectivity index (χ2n) is 4.86. The molecule has 0 atom stereocenters. The fourth-order valence-corrected chi connectivity index (χ4v) is 1.62. The fraction of sp³-hybridized carbons (Fsp3) is 0.312. The van der Waals surface area contributed by atoms with Crippen molar-refractivity contribution >= 4 is 0 Å². The molecular formula is C16H20N2O2. The Bertz CT molecular complexity index is 538. The molecule has 2 aromatic rings. The van der Waals surface area contributed by atoms with Crippen LogP contribution in [0, 0.1) is 6.92 Å². The molecule has 0 aliphatic rings. The topological polar surface area (TPSA) is 34.6 Å². The van der Waals surface area contributed by atoms with E-state index in [1.165, 1.54) is 0 Å². The van der Waals surface area contributed by atoms with Gasteiger partial charge in [0.2, 0.25) is 0 Å². The van der Waals surface area contributed by atoms with Crippen molar-refractivity contribution in [1.29, 1.82) is 0 Å². The van der Waals surface area contributed by atoms with E-state index in [0.29, 0.717) is 6.61 Å². The molecule has 0 saturated heterocycles. The first-order chi connectivity index (χ1) is 9.63. The van der Waals surface area contributed by atoms with Crippen molar-refractivity contribution in [2.75, 3.05) is 27.2 Å². The number of rotatable bonds is 6. The van der Waals surface area contributed by atoms with Gasteiger partial charge < -0.3 is 14.4 Å². The van der Waals surface area contributed by atoms with Gasteiger partial charge in [-0.2, -0.15) is 0 Å². The Morgan fingerprint density at radius 3 is 2.55 bits per heavy atom. The number of aryl methyl sites for hydroxylation is 1. The van der Waals surface area contributed by atoms with Gasteiger partial charge in [-0.15, -0.1) is 0 Å². The van der Waals surface area contributed by atoms with Crippen LogP contribution in [0.4, 0.5) is 0 Å². The second-order valence-corrected chi connectivity index (χ2v) is 4.86. The van der Waals surface area contributed by atoms with Crippen molar-refractivity contribution < 1.29 is 9.47 Å². The summed E-state index contributed by atoms with van der Waals surface area (Å²) in [5.41, 5.74) is 0.970. The van der Waals surface area contributed by atoms with Gasteiger partial charge in [0.25, 0.3) is 0 Å². The first-order valence-electron chi connectivity index (χ1n) is 6.61. The first-order valence-corrected chi connectivity index (χ1v) is 6.61. The smallest absolute Gasteiger partial charge is 0.145 e. The van der Waals surface area contributed by atoms with Crippen LogP contribution < -0.4 is 9.47 Å². The highest BCUT2D eigenvalue weighted by molar-refractivity contribution is 5.36. The van der Waals surface area contributed by atoms with E-state index in [1.807, 2.05) is 57.4 Å². The quantitative estimate of drug-likeness (QED) is 0.809. The highest BCUT2D eigenvalue weighted by Gasteiger charge is 2.01. The van der Waals surface area contributed by atoms with Crippen LogP contribution in [0.5, 0.6) is 17.2 Å². The lowest BCUT2D eigenvalue weighted by atomic mass is 10.3. The maximum atomic E-state index is 5.75. The third-order valence-corrected chi connectivity index (χ3v) is 2.73. The van der Waals surface area contributed by atoms with Gasteiger partial charge in [0.15, 0.2) is 0 Å². The summed E-state index contributed by atoms with van der Waals surface area (Å²) in [5, 5.41) is 0. The second kappa shape index (κ2) is 6.91. The summed E-state index contributed by atoms with van der Waals surface area (Å²) in [6.45, 7) is 3.48. The number of benzene rings is 1. The van der Waals surface area contributed by atoms with Crippen LogP contribution in [0.25, 0.3) is 0 Å². The Balaban J connectivity index is 1.96. The number of aromatic nitrogens is 1. The summed E-state index contributed by atoms with van der Waals surface area (Å²) in [5.74, 6) is 2.28. The average Bonchev–Trinajstić information content (AvgIpc) is 2.41. The predicted octanol–water partition coefficient (Wildman–Crippen LogP) is 3.12. The highest BCUT2D eigenvalue weighted by atomic mass is 16.5. The molecule has 0 saturated carbocycles.